The molecular weight excluding hydrogens is 369 g/mol. The zero-order valence-electron chi connectivity index (χ0n) is 15.2. The fourth-order valence-electron chi connectivity index (χ4n) is 2.94. The molecule has 1 amide bonds. The van der Waals surface area contributed by atoms with E-state index in [9.17, 15) is 14.0 Å². The van der Waals surface area contributed by atoms with Gasteiger partial charge < -0.3 is 0 Å². The predicted octanol–water partition coefficient (Wildman–Crippen LogP) is 3.99. The molecule has 1 N–H and O–H groups in total. The van der Waals surface area contributed by atoms with Gasteiger partial charge in [0.2, 0.25) is 0 Å². The average molecular weight is 385 g/mol. The van der Waals surface area contributed by atoms with Gasteiger partial charge in [-0.2, -0.15) is 4.68 Å². The Labute approximate surface area is 165 Å². The van der Waals surface area contributed by atoms with Gasteiger partial charge in [0.05, 0.1) is 16.5 Å². The Bertz CT molecular complexity index is 1280. The van der Waals surface area contributed by atoms with Crippen molar-refractivity contribution in [3.8, 4) is 11.4 Å². The molecule has 0 aliphatic heterocycles. The van der Waals surface area contributed by atoms with Crippen molar-refractivity contribution in [1.82, 2.24) is 9.66 Å². The number of hydrogen-bond acceptors (Lipinski definition) is 3. The molecule has 5 nitrogen and oxygen atoms in total. The Morgan fingerprint density at radius 1 is 0.931 bits per heavy atom. The Balaban J connectivity index is 1.80. The number of fused-ring (bicyclic) bond motifs is 1. The Hall–Kier alpha value is -4.06. The standard InChI is InChI=1S/C23H16FN3O2/c24-19-12-6-4-10-17(19)22-25-20-13-7-5-11-18(20)23(29)27(22)26-21(28)15-14-16-8-2-1-3-9-16/h1-15H,(H,26,28). The molecule has 0 unspecified atom stereocenters. The molecule has 142 valence electrons. The first kappa shape index (κ1) is 18.3. The van der Waals surface area contributed by atoms with E-state index in [0.29, 0.717) is 10.9 Å². The first-order chi connectivity index (χ1) is 14.1. The van der Waals surface area contributed by atoms with Gasteiger partial charge in [-0.25, -0.2) is 9.37 Å². The van der Waals surface area contributed by atoms with Gasteiger partial charge in [0, 0.05) is 6.08 Å². The Kier molecular flexibility index (Phi) is 4.99. The van der Waals surface area contributed by atoms with Gasteiger partial charge in [0.1, 0.15) is 5.82 Å². The van der Waals surface area contributed by atoms with Gasteiger partial charge in [-0.05, 0) is 35.9 Å². The lowest BCUT2D eigenvalue weighted by molar-refractivity contribution is -0.112. The van der Waals surface area contributed by atoms with Crippen LogP contribution in [0.4, 0.5) is 4.39 Å². The second-order valence-electron chi connectivity index (χ2n) is 6.29. The van der Waals surface area contributed by atoms with E-state index in [1.165, 1.54) is 18.2 Å². The summed E-state index contributed by atoms with van der Waals surface area (Å²) in [4.78, 5) is 29.9. The second kappa shape index (κ2) is 7.90. The van der Waals surface area contributed by atoms with Crippen molar-refractivity contribution in [3.05, 3.63) is 107 Å². The number of carbonyl (C=O) groups excluding carboxylic acids is 1. The van der Waals surface area contributed by atoms with Gasteiger partial charge >= 0.3 is 0 Å². The maximum atomic E-state index is 14.4. The summed E-state index contributed by atoms with van der Waals surface area (Å²) in [7, 11) is 0. The van der Waals surface area contributed by atoms with Crippen molar-refractivity contribution in [2.75, 3.05) is 5.43 Å². The molecule has 0 spiro atoms. The van der Waals surface area contributed by atoms with E-state index in [-0.39, 0.29) is 11.4 Å². The molecule has 4 aromatic rings. The largest absolute Gasteiger partial charge is 0.280 e. The van der Waals surface area contributed by atoms with Crippen LogP contribution in [0.25, 0.3) is 28.4 Å². The summed E-state index contributed by atoms with van der Waals surface area (Å²) in [5, 5.41) is 0.319. The SMILES string of the molecule is O=C(C=Cc1ccccc1)Nn1c(-c2ccccc2F)nc2ccccc2c1=O. The van der Waals surface area contributed by atoms with Crippen LogP contribution in [0.1, 0.15) is 5.56 Å². The lowest BCUT2D eigenvalue weighted by Crippen LogP contribution is -2.34. The Morgan fingerprint density at radius 2 is 1.62 bits per heavy atom. The average Bonchev–Trinajstić information content (AvgIpc) is 2.75. The highest BCUT2D eigenvalue weighted by atomic mass is 19.1. The highest BCUT2D eigenvalue weighted by Gasteiger charge is 2.16. The molecule has 0 radical (unpaired) electrons. The lowest BCUT2D eigenvalue weighted by Gasteiger charge is -2.14. The van der Waals surface area contributed by atoms with Crippen LogP contribution in [-0.2, 0) is 4.79 Å². The van der Waals surface area contributed by atoms with Crippen molar-refractivity contribution in [3.63, 3.8) is 0 Å². The van der Waals surface area contributed by atoms with Crippen molar-refractivity contribution in [1.29, 1.82) is 0 Å². The molecule has 0 aliphatic carbocycles. The van der Waals surface area contributed by atoms with E-state index < -0.39 is 17.3 Å². The fraction of sp³-hybridized carbons (Fsp3) is 0. The number of aromatic nitrogens is 2. The summed E-state index contributed by atoms with van der Waals surface area (Å²) in [5.41, 5.74) is 3.39. The smallest absolute Gasteiger partial charge is 0.268 e. The van der Waals surface area contributed by atoms with Gasteiger partial charge in [-0.3, -0.25) is 15.0 Å². The van der Waals surface area contributed by atoms with E-state index in [4.69, 9.17) is 0 Å². The van der Waals surface area contributed by atoms with Crippen molar-refractivity contribution in [2.24, 2.45) is 0 Å². The molecule has 1 heterocycles. The molecule has 29 heavy (non-hydrogen) atoms. The van der Waals surface area contributed by atoms with Crippen LogP contribution in [0, 0.1) is 5.82 Å². The number of nitrogens with zero attached hydrogens (tertiary/aromatic N) is 2. The zero-order valence-corrected chi connectivity index (χ0v) is 15.2. The first-order valence-electron chi connectivity index (χ1n) is 8.94. The van der Waals surface area contributed by atoms with Crippen LogP contribution >= 0.6 is 0 Å². The number of benzene rings is 3. The van der Waals surface area contributed by atoms with E-state index in [2.05, 4.69) is 10.4 Å². The van der Waals surface area contributed by atoms with Crippen LogP contribution in [-0.4, -0.2) is 15.6 Å². The maximum absolute atomic E-state index is 14.4. The minimum Gasteiger partial charge on any atom is -0.268 e. The zero-order chi connectivity index (χ0) is 20.2. The molecule has 0 fully saturated rings. The monoisotopic (exact) mass is 385 g/mol. The molecule has 0 saturated heterocycles. The van der Waals surface area contributed by atoms with Crippen molar-refractivity contribution >= 4 is 22.9 Å². The van der Waals surface area contributed by atoms with Crippen molar-refractivity contribution in [2.45, 2.75) is 0 Å². The third kappa shape index (κ3) is 3.82. The van der Waals surface area contributed by atoms with Crippen LogP contribution in [0.5, 0.6) is 0 Å². The number of carbonyl (C=O) groups is 1. The summed E-state index contributed by atoms with van der Waals surface area (Å²) < 4.78 is 15.4. The fourth-order valence-corrected chi connectivity index (χ4v) is 2.94. The molecule has 3 aromatic carbocycles. The van der Waals surface area contributed by atoms with Crippen LogP contribution < -0.4 is 11.0 Å². The highest BCUT2D eigenvalue weighted by Crippen LogP contribution is 2.21. The normalized spacial score (nSPS) is 11.1. The van der Waals surface area contributed by atoms with Gasteiger partial charge in [0.25, 0.3) is 11.5 Å². The predicted molar refractivity (Wildman–Crippen MR) is 111 cm³/mol. The molecule has 0 atom stereocenters. The van der Waals surface area contributed by atoms with E-state index in [0.717, 1.165) is 10.2 Å². The number of hydrogen-bond donors (Lipinski definition) is 1. The summed E-state index contributed by atoms with van der Waals surface area (Å²) >= 11 is 0. The number of nitrogens with one attached hydrogen (secondary N) is 1. The number of para-hydroxylation sites is 1. The summed E-state index contributed by atoms with van der Waals surface area (Å²) in [6.07, 6.45) is 2.93. The van der Waals surface area contributed by atoms with E-state index in [1.54, 1.807) is 42.5 Å². The van der Waals surface area contributed by atoms with Crippen LogP contribution in [0.15, 0.2) is 89.7 Å². The van der Waals surface area contributed by atoms with E-state index in [1.807, 2.05) is 30.3 Å². The van der Waals surface area contributed by atoms with Crippen molar-refractivity contribution < 1.29 is 9.18 Å². The molecule has 0 bridgehead atoms. The van der Waals surface area contributed by atoms with Crippen LogP contribution in [0.2, 0.25) is 0 Å². The van der Waals surface area contributed by atoms with Gasteiger partial charge in [-0.1, -0.05) is 54.6 Å². The molecule has 4 rings (SSSR count). The van der Waals surface area contributed by atoms with E-state index >= 15 is 0 Å². The molecule has 0 aliphatic rings. The summed E-state index contributed by atoms with van der Waals surface area (Å²) in [6.45, 7) is 0. The van der Waals surface area contributed by atoms with Crippen LogP contribution in [0.3, 0.4) is 0 Å². The minimum atomic E-state index is -0.544. The molecule has 0 saturated carbocycles. The van der Waals surface area contributed by atoms with Gasteiger partial charge in [0.15, 0.2) is 5.82 Å². The quantitative estimate of drug-likeness (QED) is 0.541. The topological polar surface area (TPSA) is 64.0 Å². The molecule has 1 aromatic heterocycles. The Morgan fingerprint density at radius 3 is 2.41 bits per heavy atom. The minimum absolute atomic E-state index is 0.0215. The maximum Gasteiger partial charge on any atom is 0.280 e. The lowest BCUT2D eigenvalue weighted by atomic mass is 10.1. The van der Waals surface area contributed by atoms with Gasteiger partial charge in [-0.15, -0.1) is 0 Å². The summed E-state index contributed by atoms with van der Waals surface area (Å²) in [5.74, 6) is -1.06. The third-order valence-electron chi connectivity index (χ3n) is 4.34. The third-order valence-corrected chi connectivity index (χ3v) is 4.34. The number of rotatable bonds is 4. The molecular formula is C23H16FN3O2. The second-order valence-corrected chi connectivity index (χ2v) is 6.29. The number of halogens is 1. The number of amides is 1. The highest BCUT2D eigenvalue weighted by molar-refractivity contribution is 5.98. The summed E-state index contributed by atoms with van der Waals surface area (Å²) in [6, 6.07) is 22.0. The first-order valence-corrected chi connectivity index (χ1v) is 8.94. The molecule has 6 heteroatoms.